The van der Waals surface area contributed by atoms with Gasteiger partial charge in [-0.1, -0.05) is 107 Å². The molecule has 4 rings (SSSR count). The Hall–Kier alpha value is -3.26. The zero-order chi connectivity index (χ0) is 34.1. The molecule has 2 nitrogen and oxygen atoms in total. The fourth-order valence-corrected chi connectivity index (χ4v) is 6.57. The van der Waals surface area contributed by atoms with Crippen molar-refractivity contribution in [2.24, 2.45) is 5.92 Å². The van der Waals surface area contributed by atoms with Gasteiger partial charge in [-0.15, -0.1) is 6.58 Å². The maximum absolute atomic E-state index is 4.41. The Morgan fingerprint density at radius 2 is 1.63 bits per heavy atom. The van der Waals surface area contributed by atoms with Gasteiger partial charge in [0, 0.05) is 29.7 Å². The van der Waals surface area contributed by atoms with Crippen LogP contribution in [0.15, 0.2) is 96.4 Å². The van der Waals surface area contributed by atoms with Crippen molar-refractivity contribution in [2.75, 3.05) is 11.4 Å². The third-order valence-corrected chi connectivity index (χ3v) is 9.32. The summed E-state index contributed by atoms with van der Waals surface area (Å²) in [5, 5.41) is 3.52. The number of hydrogen-bond acceptors (Lipinski definition) is 2. The number of allylic oxidation sites excluding steroid dienone is 7. The monoisotopic (exact) mass is 623 g/mol. The molecule has 1 aliphatic carbocycles. The van der Waals surface area contributed by atoms with Crippen LogP contribution >= 0.6 is 0 Å². The smallest absolute Gasteiger partial charge is 0.0407 e. The second-order valence-electron chi connectivity index (χ2n) is 13.2. The van der Waals surface area contributed by atoms with Gasteiger partial charge >= 0.3 is 0 Å². The van der Waals surface area contributed by atoms with E-state index < -0.39 is 0 Å². The lowest BCUT2D eigenvalue weighted by atomic mass is 9.90. The lowest BCUT2D eigenvalue weighted by molar-refractivity contribution is 0.510. The summed E-state index contributed by atoms with van der Waals surface area (Å²) in [5.41, 5.74) is 13.2. The molecule has 252 valence electrons. The normalized spacial score (nSPS) is 16.0. The summed E-state index contributed by atoms with van der Waals surface area (Å²) in [6.45, 7) is 28.9. The van der Waals surface area contributed by atoms with Gasteiger partial charge in [0.2, 0.25) is 0 Å². The summed E-state index contributed by atoms with van der Waals surface area (Å²) in [4.78, 5) is 2.68. The minimum absolute atomic E-state index is 0.580. The first-order valence-electron chi connectivity index (χ1n) is 18.2. The molecule has 1 N–H and O–H groups in total. The summed E-state index contributed by atoms with van der Waals surface area (Å²) in [6, 6.07) is 14.6. The van der Waals surface area contributed by atoms with E-state index in [1.807, 2.05) is 6.92 Å². The molecule has 0 bridgehead atoms. The van der Waals surface area contributed by atoms with Gasteiger partial charge in [0.25, 0.3) is 0 Å². The highest BCUT2D eigenvalue weighted by atomic mass is 15.2. The van der Waals surface area contributed by atoms with Crippen molar-refractivity contribution in [2.45, 2.75) is 133 Å². The van der Waals surface area contributed by atoms with E-state index in [1.165, 1.54) is 95.3 Å². The lowest BCUT2D eigenvalue weighted by Gasteiger charge is -2.35. The van der Waals surface area contributed by atoms with Crippen LogP contribution in [0.25, 0.3) is 11.1 Å². The molecule has 0 spiro atoms. The Labute approximate surface area is 284 Å². The van der Waals surface area contributed by atoms with Gasteiger partial charge in [-0.2, -0.15) is 0 Å². The topological polar surface area (TPSA) is 15.3 Å². The van der Waals surface area contributed by atoms with E-state index in [1.54, 1.807) is 6.08 Å². The molecule has 0 amide bonds. The predicted octanol–water partition coefficient (Wildman–Crippen LogP) is 12.8. The van der Waals surface area contributed by atoms with Gasteiger partial charge < -0.3 is 10.2 Å². The molecule has 46 heavy (non-hydrogen) atoms. The Morgan fingerprint density at radius 3 is 2.13 bits per heavy atom. The van der Waals surface area contributed by atoms with Gasteiger partial charge in [-0.05, 0) is 131 Å². The molecule has 1 aliphatic heterocycles. The standard InChI is InChI=1S/C34H48N2.C7H12.C3H6/c1-9-13-32(14-10-2)36(12-4)34-23-31(29-19-17-28(11-3)18-20-29)21-30(26(34)7)22-33-24(5)15-16-25(6)35-27(33)8;1-7-5-3-2-4-6-7;1-3-2/h16-21,23,32,35H,8-15,22H2,1-7H3;3,5,7H,2,4,6H2,1H3;3H,1H2,2H3. The summed E-state index contributed by atoms with van der Waals surface area (Å²) >= 11 is 0. The fourth-order valence-electron chi connectivity index (χ4n) is 6.57. The first kappa shape index (κ1) is 38.9. The van der Waals surface area contributed by atoms with Crippen molar-refractivity contribution >= 4 is 5.69 Å². The Morgan fingerprint density at radius 1 is 0.978 bits per heavy atom. The van der Waals surface area contributed by atoms with E-state index >= 15 is 0 Å². The minimum Gasteiger partial charge on any atom is -0.369 e. The van der Waals surface area contributed by atoms with Crippen LogP contribution in [0.3, 0.4) is 0 Å². The van der Waals surface area contributed by atoms with Crippen LogP contribution in [-0.4, -0.2) is 12.6 Å². The third kappa shape index (κ3) is 11.8. The molecular weight excluding hydrogens is 556 g/mol. The van der Waals surface area contributed by atoms with Crippen LogP contribution < -0.4 is 10.2 Å². The number of nitrogens with one attached hydrogen (secondary N) is 1. The molecule has 2 aromatic carbocycles. The van der Waals surface area contributed by atoms with Crippen molar-refractivity contribution in [3.05, 3.63) is 113 Å². The van der Waals surface area contributed by atoms with Gasteiger partial charge in [-0.3, -0.25) is 0 Å². The number of benzene rings is 2. The van der Waals surface area contributed by atoms with E-state index in [9.17, 15) is 0 Å². The van der Waals surface area contributed by atoms with Crippen molar-refractivity contribution < 1.29 is 0 Å². The summed E-state index contributed by atoms with van der Waals surface area (Å²) < 4.78 is 0. The number of aryl methyl sites for hydroxylation is 1. The number of nitrogens with zero attached hydrogens (tertiary/aromatic N) is 1. The Kier molecular flexibility index (Phi) is 17.6. The van der Waals surface area contributed by atoms with Crippen LogP contribution in [-0.2, 0) is 12.8 Å². The zero-order valence-electron chi connectivity index (χ0n) is 31.1. The van der Waals surface area contributed by atoms with E-state index in [2.05, 4.69) is 133 Å². The van der Waals surface area contributed by atoms with Crippen LogP contribution in [0.5, 0.6) is 0 Å². The molecule has 1 heterocycles. The molecule has 0 saturated heterocycles. The second kappa shape index (κ2) is 20.8. The largest absolute Gasteiger partial charge is 0.369 e. The molecule has 2 heteroatoms. The quantitative estimate of drug-likeness (QED) is 0.251. The van der Waals surface area contributed by atoms with Crippen molar-refractivity contribution in [3.63, 3.8) is 0 Å². The van der Waals surface area contributed by atoms with Crippen LogP contribution in [0.4, 0.5) is 5.69 Å². The van der Waals surface area contributed by atoms with Crippen molar-refractivity contribution in [1.82, 2.24) is 5.32 Å². The SMILES string of the molecule is C=C1NC(C)=CCC(C)=C1Cc1cc(-c2ccc(CC)cc2)cc(N(CC)C(CCC)CCC)c1C.C=CC.CC1C=CCCC1. The average Bonchev–Trinajstić information content (AvgIpc) is 3.16. The summed E-state index contributed by atoms with van der Waals surface area (Å²) in [7, 11) is 0. The maximum atomic E-state index is 4.41. The molecule has 0 saturated carbocycles. The van der Waals surface area contributed by atoms with Gasteiger partial charge in [0.05, 0.1) is 0 Å². The highest BCUT2D eigenvalue weighted by Gasteiger charge is 2.22. The van der Waals surface area contributed by atoms with Crippen molar-refractivity contribution in [1.29, 1.82) is 0 Å². The van der Waals surface area contributed by atoms with Gasteiger partial charge in [0.15, 0.2) is 0 Å². The molecule has 1 unspecified atom stereocenters. The highest BCUT2D eigenvalue weighted by Crippen LogP contribution is 2.36. The van der Waals surface area contributed by atoms with Crippen LogP contribution in [0, 0.1) is 12.8 Å². The first-order chi connectivity index (χ1) is 22.1. The Balaban J connectivity index is 0.000000631. The lowest BCUT2D eigenvalue weighted by Crippen LogP contribution is -2.35. The van der Waals surface area contributed by atoms with E-state index in [4.69, 9.17) is 0 Å². The number of hydrogen-bond donors (Lipinski definition) is 1. The van der Waals surface area contributed by atoms with Gasteiger partial charge in [-0.25, -0.2) is 0 Å². The second-order valence-corrected chi connectivity index (χ2v) is 13.2. The fraction of sp³-hybridized carbons (Fsp3) is 0.500. The average molecular weight is 623 g/mol. The molecular formula is C44H66N2. The van der Waals surface area contributed by atoms with E-state index in [0.29, 0.717) is 6.04 Å². The van der Waals surface area contributed by atoms with E-state index in [0.717, 1.165) is 37.4 Å². The minimum atomic E-state index is 0.580. The zero-order valence-corrected chi connectivity index (χ0v) is 31.1. The van der Waals surface area contributed by atoms with Crippen molar-refractivity contribution in [3.8, 4) is 11.1 Å². The molecule has 2 aromatic rings. The molecule has 1 atom stereocenters. The molecule has 0 aromatic heterocycles. The first-order valence-corrected chi connectivity index (χ1v) is 18.2. The highest BCUT2D eigenvalue weighted by molar-refractivity contribution is 5.73. The van der Waals surface area contributed by atoms with Crippen LogP contribution in [0.2, 0.25) is 0 Å². The third-order valence-electron chi connectivity index (χ3n) is 9.32. The predicted molar refractivity (Wildman–Crippen MR) is 208 cm³/mol. The van der Waals surface area contributed by atoms with E-state index in [-0.39, 0.29) is 0 Å². The number of anilines is 1. The summed E-state index contributed by atoms with van der Waals surface area (Å²) in [6.07, 6.45) is 20.6. The molecule has 0 fully saturated rings. The number of rotatable bonds is 11. The van der Waals surface area contributed by atoms with Gasteiger partial charge in [0.1, 0.15) is 0 Å². The maximum Gasteiger partial charge on any atom is 0.0407 e. The summed E-state index contributed by atoms with van der Waals surface area (Å²) in [5.74, 6) is 0.855. The Bertz CT molecular complexity index is 1310. The molecule has 2 aliphatic rings. The van der Waals surface area contributed by atoms with Crippen LogP contribution in [0.1, 0.15) is 123 Å². The molecule has 0 radical (unpaired) electrons.